The molecule has 0 bridgehead atoms. The first-order chi connectivity index (χ1) is 8.06. The Hall–Kier alpha value is -0.940. The highest BCUT2D eigenvalue weighted by Crippen LogP contribution is 2.14. The van der Waals surface area contributed by atoms with Crippen LogP contribution in [0.2, 0.25) is 0 Å². The molecule has 2 atom stereocenters. The second-order valence-electron chi connectivity index (χ2n) is 5.24. The summed E-state index contributed by atoms with van der Waals surface area (Å²) in [4.78, 5) is 25.0. The van der Waals surface area contributed by atoms with Crippen molar-refractivity contribution in [1.29, 1.82) is 0 Å². The van der Waals surface area contributed by atoms with E-state index in [0.29, 0.717) is 24.9 Å². The lowest BCUT2D eigenvalue weighted by Crippen LogP contribution is -2.53. The van der Waals surface area contributed by atoms with E-state index < -0.39 is 0 Å². The quantitative estimate of drug-likeness (QED) is 0.673. The van der Waals surface area contributed by atoms with Crippen LogP contribution < -0.4 is 10.6 Å². The highest BCUT2D eigenvalue weighted by Gasteiger charge is 2.31. The first kappa shape index (κ1) is 12.5. The standard InChI is InChI=1S/C12H21N3O2/c1-8(2)15-6-5-9(7-15)13-10-3-4-11(16)14-12(10)17/h8-10,13H,3-7H2,1-2H3,(H,14,16,17). The number of carbonyl (C=O) groups excluding carboxylic acids is 2. The fraction of sp³-hybridized carbons (Fsp3) is 0.833. The lowest BCUT2D eigenvalue weighted by atomic mass is 10.0. The first-order valence-corrected chi connectivity index (χ1v) is 6.40. The van der Waals surface area contributed by atoms with Gasteiger partial charge in [0.05, 0.1) is 6.04 Å². The highest BCUT2D eigenvalue weighted by atomic mass is 16.2. The maximum absolute atomic E-state index is 11.6. The van der Waals surface area contributed by atoms with Crippen LogP contribution in [0, 0.1) is 0 Å². The Morgan fingerprint density at radius 2 is 2.12 bits per heavy atom. The van der Waals surface area contributed by atoms with Crippen molar-refractivity contribution in [1.82, 2.24) is 15.5 Å². The van der Waals surface area contributed by atoms with Gasteiger partial charge in [-0.05, 0) is 33.2 Å². The minimum absolute atomic E-state index is 0.150. The average molecular weight is 239 g/mol. The van der Waals surface area contributed by atoms with Gasteiger partial charge in [-0.15, -0.1) is 0 Å². The van der Waals surface area contributed by atoms with Crippen LogP contribution in [0.5, 0.6) is 0 Å². The van der Waals surface area contributed by atoms with Crippen molar-refractivity contribution in [2.45, 2.75) is 51.2 Å². The molecule has 5 nitrogen and oxygen atoms in total. The Morgan fingerprint density at radius 3 is 2.71 bits per heavy atom. The van der Waals surface area contributed by atoms with E-state index in [0.717, 1.165) is 19.5 Å². The van der Waals surface area contributed by atoms with Crippen LogP contribution in [-0.2, 0) is 9.59 Å². The zero-order chi connectivity index (χ0) is 12.4. The van der Waals surface area contributed by atoms with Gasteiger partial charge in [-0.3, -0.25) is 19.8 Å². The summed E-state index contributed by atoms with van der Waals surface area (Å²) in [7, 11) is 0. The molecule has 0 radical (unpaired) electrons. The van der Waals surface area contributed by atoms with Crippen molar-refractivity contribution in [3.63, 3.8) is 0 Å². The largest absolute Gasteiger partial charge is 0.302 e. The average Bonchev–Trinajstić information content (AvgIpc) is 2.71. The third-order valence-corrected chi connectivity index (χ3v) is 3.63. The Bertz CT molecular complexity index is 317. The third kappa shape index (κ3) is 3.04. The molecule has 96 valence electrons. The molecule has 0 aromatic heterocycles. The van der Waals surface area contributed by atoms with Gasteiger partial charge in [0.25, 0.3) is 0 Å². The van der Waals surface area contributed by atoms with Gasteiger partial charge in [0, 0.05) is 25.0 Å². The van der Waals surface area contributed by atoms with Crippen molar-refractivity contribution < 1.29 is 9.59 Å². The van der Waals surface area contributed by atoms with Crippen LogP contribution in [0.3, 0.4) is 0 Å². The molecule has 17 heavy (non-hydrogen) atoms. The van der Waals surface area contributed by atoms with Crippen molar-refractivity contribution >= 4 is 11.8 Å². The summed E-state index contributed by atoms with van der Waals surface area (Å²) >= 11 is 0. The van der Waals surface area contributed by atoms with E-state index in [1.807, 2.05) is 0 Å². The van der Waals surface area contributed by atoms with Crippen LogP contribution in [0.1, 0.15) is 33.1 Å². The molecular formula is C12H21N3O2. The number of nitrogens with zero attached hydrogens (tertiary/aromatic N) is 1. The van der Waals surface area contributed by atoms with Gasteiger partial charge in [0.15, 0.2) is 0 Å². The fourth-order valence-corrected chi connectivity index (χ4v) is 2.53. The van der Waals surface area contributed by atoms with E-state index in [-0.39, 0.29) is 17.9 Å². The van der Waals surface area contributed by atoms with Crippen LogP contribution >= 0.6 is 0 Å². The lowest BCUT2D eigenvalue weighted by molar-refractivity contribution is -0.134. The molecule has 0 aromatic carbocycles. The topological polar surface area (TPSA) is 61.4 Å². The predicted octanol–water partition coefficient (Wildman–Crippen LogP) is -0.136. The first-order valence-electron chi connectivity index (χ1n) is 6.40. The molecule has 5 heteroatoms. The van der Waals surface area contributed by atoms with Gasteiger partial charge in [0.1, 0.15) is 0 Å². The van der Waals surface area contributed by atoms with Gasteiger partial charge < -0.3 is 5.32 Å². The molecule has 2 N–H and O–H groups in total. The number of imide groups is 1. The Morgan fingerprint density at radius 1 is 1.35 bits per heavy atom. The number of likely N-dealkylation sites (tertiary alicyclic amines) is 1. The summed E-state index contributed by atoms with van der Waals surface area (Å²) in [6.45, 7) is 6.46. The van der Waals surface area contributed by atoms with E-state index in [9.17, 15) is 9.59 Å². The van der Waals surface area contributed by atoms with Crippen LogP contribution in [-0.4, -0.2) is 47.9 Å². The second kappa shape index (κ2) is 5.14. The summed E-state index contributed by atoms with van der Waals surface area (Å²) in [6, 6.07) is 0.745. The number of hydrogen-bond acceptors (Lipinski definition) is 4. The normalized spacial score (nSPS) is 31.0. The molecule has 2 rings (SSSR count). The zero-order valence-electron chi connectivity index (χ0n) is 10.5. The van der Waals surface area contributed by atoms with Crippen LogP contribution in [0.15, 0.2) is 0 Å². The summed E-state index contributed by atoms with van der Waals surface area (Å²) in [5.74, 6) is -0.312. The molecule has 2 fully saturated rings. The van der Waals surface area contributed by atoms with Crippen molar-refractivity contribution in [2.24, 2.45) is 0 Å². The highest BCUT2D eigenvalue weighted by molar-refractivity contribution is 6.00. The van der Waals surface area contributed by atoms with Crippen molar-refractivity contribution in [3.05, 3.63) is 0 Å². The monoisotopic (exact) mass is 239 g/mol. The smallest absolute Gasteiger partial charge is 0.243 e. The maximum Gasteiger partial charge on any atom is 0.243 e. The maximum atomic E-state index is 11.6. The number of piperidine rings is 1. The van der Waals surface area contributed by atoms with Crippen molar-refractivity contribution in [3.8, 4) is 0 Å². The molecule has 0 spiro atoms. The third-order valence-electron chi connectivity index (χ3n) is 3.63. The predicted molar refractivity (Wildman–Crippen MR) is 64.4 cm³/mol. The molecule has 2 aliphatic heterocycles. The number of hydrogen-bond donors (Lipinski definition) is 2. The molecule has 2 amide bonds. The lowest BCUT2D eigenvalue weighted by Gasteiger charge is -2.26. The Labute approximate surface area is 102 Å². The minimum atomic E-state index is -0.190. The van der Waals surface area contributed by atoms with E-state index >= 15 is 0 Å². The number of amides is 2. The van der Waals surface area contributed by atoms with Gasteiger partial charge in [0.2, 0.25) is 11.8 Å². The minimum Gasteiger partial charge on any atom is -0.302 e. The Kier molecular flexibility index (Phi) is 3.79. The Balaban J connectivity index is 1.82. The van der Waals surface area contributed by atoms with Crippen LogP contribution in [0.25, 0.3) is 0 Å². The van der Waals surface area contributed by atoms with Gasteiger partial charge >= 0.3 is 0 Å². The number of rotatable bonds is 3. The molecule has 2 saturated heterocycles. The fourth-order valence-electron chi connectivity index (χ4n) is 2.53. The molecular weight excluding hydrogens is 218 g/mol. The van der Waals surface area contributed by atoms with Gasteiger partial charge in [-0.2, -0.15) is 0 Å². The number of carbonyl (C=O) groups is 2. The summed E-state index contributed by atoms with van der Waals surface area (Å²) in [5, 5.41) is 5.75. The molecule has 0 saturated carbocycles. The second-order valence-corrected chi connectivity index (χ2v) is 5.24. The molecule has 0 aliphatic carbocycles. The van der Waals surface area contributed by atoms with E-state index in [1.54, 1.807) is 0 Å². The number of nitrogens with one attached hydrogen (secondary N) is 2. The van der Waals surface area contributed by atoms with E-state index in [2.05, 4.69) is 29.4 Å². The molecule has 0 aromatic rings. The molecule has 2 aliphatic rings. The van der Waals surface area contributed by atoms with Crippen LogP contribution in [0.4, 0.5) is 0 Å². The summed E-state index contributed by atoms with van der Waals surface area (Å²) in [6.07, 6.45) is 2.16. The van der Waals surface area contributed by atoms with Crippen molar-refractivity contribution in [2.75, 3.05) is 13.1 Å². The molecule has 2 unspecified atom stereocenters. The SMILES string of the molecule is CC(C)N1CCC(NC2CCC(=O)NC2=O)C1. The van der Waals surface area contributed by atoms with E-state index in [1.165, 1.54) is 0 Å². The van der Waals surface area contributed by atoms with Gasteiger partial charge in [-0.25, -0.2) is 0 Å². The van der Waals surface area contributed by atoms with E-state index in [4.69, 9.17) is 0 Å². The summed E-state index contributed by atoms with van der Waals surface area (Å²) in [5.41, 5.74) is 0. The molecule has 2 heterocycles. The summed E-state index contributed by atoms with van der Waals surface area (Å²) < 4.78 is 0. The van der Waals surface area contributed by atoms with Gasteiger partial charge in [-0.1, -0.05) is 0 Å². The zero-order valence-corrected chi connectivity index (χ0v) is 10.5.